The van der Waals surface area contributed by atoms with E-state index < -0.39 is 37.1 Å². The van der Waals surface area contributed by atoms with Crippen LogP contribution in [0.3, 0.4) is 0 Å². The van der Waals surface area contributed by atoms with Gasteiger partial charge in [-0.15, -0.1) is 0 Å². The Hall–Kier alpha value is -1.70. The number of esters is 2. The maximum absolute atomic E-state index is 13.1. The Bertz CT molecular complexity index is 919. The summed E-state index contributed by atoms with van der Waals surface area (Å²) in [6.07, 6.45) is 4.90. The van der Waals surface area contributed by atoms with Crippen molar-refractivity contribution in [1.82, 2.24) is 0 Å². The van der Waals surface area contributed by atoms with E-state index in [0.717, 1.165) is 40.3 Å². The maximum Gasteiger partial charge on any atom is 0.324 e. The van der Waals surface area contributed by atoms with E-state index in [-0.39, 0.29) is 25.6 Å². The van der Waals surface area contributed by atoms with E-state index in [1.807, 2.05) is 0 Å². The molecular formula is C25H36O6Si. The second-order valence-electron chi connectivity index (χ2n) is 10.8. The summed E-state index contributed by atoms with van der Waals surface area (Å²) in [5.74, 6) is -0.911. The Morgan fingerprint density at radius 2 is 1.75 bits per heavy atom. The molecule has 0 heterocycles. The van der Waals surface area contributed by atoms with Crippen LogP contribution in [0.25, 0.3) is 0 Å². The van der Waals surface area contributed by atoms with Crippen molar-refractivity contribution in [3.05, 3.63) is 33.6 Å². The molecule has 0 radical (unpaired) electrons. The number of hydrogen-bond acceptors (Lipinski definition) is 6. The summed E-state index contributed by atoms with van der Waals surface area (Å²) >= 11 is 0. The van der Waals surface area contributed by atoms with Gasteiger partial charge in [-0.2, -0.15) is 0 Å². The number of ether oxygens (including phenoxy) is 2. The number of allylic oxidation sites excluding steroid dienone is 3. The number of carbonyl (C=O) groups is 2. The molecule has 0 unspecified atom stereocenters. The average molecular weight is 461 g/mol. The molecule has 2 N–H and O–H groups in total. The van der Waals surface area contributed by atoms with Crippen molar-refractivity contribution in [1.29, 1.82) is 0 Å². The fourth-order valence-electron chi connectivity index (χ4n) is 6.22. The third-order valence-electron chi connectivity index (χ3n) is 7.70. The normalized spacial score (nSPS) is 32.7. The smallest absolute Gasteiger partial charge is 0.324 e. The highest BCUT2D eigenvalue weighted by Gasteiger charge is 2.60. The van der Waals surface area contributed by atoms with Crippen molar-refractivity contribution in [2.75, 3.05) is 13.2 Å². The van der Waals surface area contributed by atoms with E-state index >= 15 is 0 Å². The van der Waals surface area contributed by atoms with Gasteiger partial charge in [-0.3, -0.25) is 9.59 Å². The van der Waals surface area contributed by atoms with E-state index in [1.54, 1.807) is 13.8 Å². The monoisotopic (exact) mass is 460 g/mol. The van der Waals surface area contributed by atoms with Crippen LogP contribution >= 0.6 is 0 Å². The highest BCUT2D eigenvalue weighted by Crippen LogP contribution is 2.59. The number of rotatable bonds is 5. The molecule has 3 atom stereocenters. The van der Waals surface area contributed by atoms with Crippen LogP contribution in [0.4, 0.5) is 0 Å². The highest BCUT2D eigenvalue weighted by molar-refractivity contribution is 6.84. The highest BCUT2D eigenvalue weighted by atomic mass is 28.3. The Morgan fingerprint density at radius 1 is 1.12 bits per heavy atom. The lowest BCUT2D eigenvalue weighted by Gasteiger charge is -2.55. The molecule has 0 aliphatic heterocycles. The summed E-state index contributed by atoms with van der Waals surface area (Å²) in [6, 6.07) is 0. The van der Waals surface area contributed by atoms with Crippen LogP contribution in [0.15, 0.2) is 33.6 Å². The van der Waals surface area contributed by atoms with E-state index in [0.29, 0.717) is 19.3 Å². The summed E-state index contributed by atoms with van der Waals surface area (Å²) in [7, 11) is -1.91. The van der Waals surface area contributed by atoms with Crippen LogP contribution in [0.5, 0.6) is 0 Å². The minimum atomic E-state index is -1.91. The molecule has 4 rings (SSSR count). The summed E-state index contributed by atoms with van der Waals surface area (Å²) < 4.78 is 10.7. The van der Waals surface area contributed by atoms with Crippen molar-refractivity contribution in [2.24, 2.45) is 11.3 Å². The molecule has 0 saturated heterocycles. The molecule has 0 aromatic carbocycles. The molecule has 32 heavy (non-hydrogen) atoms. The predicted octanol–water partition coefficient (Wildman–Crippen LogP) is 3.60. The minimum absolute atomic E-state index is 0.123. The number of aliphatic hydroxyl groups is 2. The molecule has 176 valence electrons. The molecule has 6 nitrogen and oxygen atoms in total. The Kier molecular flexibility index (Phi) is 5.83. The molecule has 4 aliphatic rings. The van der Waals surface area contributed by atoms with Gasteiger partial charge in [0.1, 0.15) is 11.7 Å². The van der Waals surface area contributed by atoms with Crippen molar-refractivity contribution < 1.29 is 29.3 Å². The molecule has 0 aromatic heterocycles. The van der Waals surface area contributed by atoms with E-state index in [2.05, 4.69) is 25.7 Å². The molecule has 1 saturated carbocycles. The molecular weight excluding hydrogens is 424 g/mol. The predicted molar refractivity (Wildman–Crippen MR) is 123 cm³/mol. The third-order valence-corrected chi connectivity index (χ3v) is 9.73. The van der Waals surface area contributed by atoms with Gasteiger partial charge in [0.05, 0.1) is 21.3 Å². The molecule has 0 aromatic rings. The first-order valence-electron chi connectivity index (χ1n) is 11.9. The van der Waals surface area contributed by atoms with E-state index in [1.165, 1.54) is 0 Å². The maximum atomic E-state index is 13.1. The van der Waals surface area contributed by atoms with Gasteiger partial charge in [-0.05, 0) is 75.0 Å². The van der Waals surface area contributed by atoms with Crippen molar-refractivity contribution in [3.8, 4) is 0 Å². The lowest BCUT2D eigenvalue weighted by Crippen LogP contribution is -2.59. The van der Waals surface area contributed by atoms with E-state index in [9.17, 15) is 19.8 Å². The van der Waals surface area contributed by atoms with Gasteiger partial charge in [-0.25, -0.2) is 0 Å². The minimum Gasteiger partial charge on any atom is -0.465 e. The van der Waals surface area contributed by atoms with Gasteiger partial charge in [-0.1, -0.05) is 36.5 Å². The molecule has 0 amide bonds. The largest absolute Gasteiger partial charge is 0.465 e. The molecule has 1 fully saturated rings. The van der Waals surface area contributed by atoms with Crippen LogP contribution in [0, 0.1) is 11.3 Å². The van der Waals surface area contributed by atoms with Crippen LogP contribution in [-0.4, -0.2) is 55.1 Å². The third kappa shape index (κ3) is 3.35. The van der Waals surface area contributed by atoms with Gasteiger partial charge >= 0.3 is 11.9 Å². The zero-order valence-electron chi connectivity index (χ0n) is 19.9. The quantitative estimate of drug-likeness (QED) is 0.370. The first kappa shape index (κ1) is 23.5. The number of aliphatic hydroxyl groups excluding tert-OH is 1. The summed E-state index contributed by atoms with van der Waals surface area (Å²) in [5, 5.41) is 23.4. The Morgan fingerprint density at radius 3 is 2.31 bits per heavy atom. The zero-order valence-corrected chi connectivity index (χ0v) is 20.9. The van der Waals surface area contributed by atoms with Gasteiger partial charge in [0.2, 0.25) is 0 Å². The standard InChI is InChI=1S/C25H36O6Si/c1-6-30-22(27)24(23(28)31-7-2)13-16-11-15-9-8-10-25(29)20(15)19(21(25)26)18(32(3,4)5)12-17(16)14-24/h12,15,21,26,29H,6-11,13-14H2,1-5H3/b18-12+/t15-,21-,25+/m0/s1. The van der Waals surface area contributed by atoms with Crippen LogP contribution in [-0.2, 0) is 19.1 Å². The second kappa shape index (κ2) is 7.96. The first-order chi connectivity index (χ1) is 15.0. The van der Waals surface area contributed by atoms with Gasteiger partial charge in [0, 0.05) is 0 Å². The molecule has 0 bridgehead atoms. The van der Waals surface area contributed by atoms with Gasteiger partial charge in [0.25, 0.3) is 0 Å². The topological polar surface area (TPSA) is 93.1 Å². The van der Waals surface area contributed by atoms with Crippen molar-refractivity contribution in [2.45, 2.75) is 83.7 Å². The van der Waals surface area contributed by atoms with E-state index in [4.69, 9.17) is 9.47 Å². The summed E-state index contributed by atoms with van der Waals surface area (Å²) in [6.45, 7) is 10.6. The summed E-state index contributed by atoms with van der Waals surface area (Å²) in [4.78, 5) is 26.2. The molecule has 4 aliphatic carbocycles. The fourth-order valence-corrected chi connectivity index (χ4v) is 7.91. The van der Waals surface area contributed by atoms with Crippen LogP contribution in [0.2, 0.25) is 19.6 Å². The SMILES string of the molecule is CCOC(=O)C1(C(=O)OCC)CC2=C(C[C@@H]3CCC[C@@]4(O)C3=C(/C([Si](C)(C)C)=C\2)[C@@H]4O)C1. The first-order valence-corrected chi connectivity index (χ1v) is 15.4. The molecule has 0 spiro atoms. The Balaban J connectivity index is 1.82. The summed E-state index contributed by atoms with van der Waals surface area (Å²) in [5.41, 5.74) is 1.54. The lowest BCUT2D eigenvalue weighted by atomic mass is 9.57. The lowest BCUT2D eigenvalue weighted by molar-refractivity contribution is -0.171. The number of carbonyl (C=O) groups excluding carboxylic acids is 2. The average Bonchev–Trinajstić information content (AvgIpc) is 3.06. The van der Waals surface area contributed by atoms with Crippen molar-refractivity contribution >= 4 is 20.0 Å². The van der Waals surface area contributed by atoms with Crippen LogP contribution < -0.4 is 0 Å². The Labute approximate surface area is 191 Å². The number of hydrogen-bond donors (Lipinski definition) is 2. The van der Waals surface area contributed by atoms with Gasteiger partial charge < -0.3 is 19.7 Å². The van der Waals surface area contributed by atoms with Crippen molar-refractivity contribution in [3.63, 3.8) is 0 Å². The molecule has 7 heteroatoms. The fraction of sp³-hybridized carbons (Fsp3) is 0.680. The van der Waals surface area contributed by atoms with Crippen LogP contribution in [0.1, 0.15) is 52.4 Å². The second-order valence-corrected chi connectivity index (χ2v) is 15.8. The van der Waals surface area contributed by atoms with Gasteiger partial charge in [0.15, 0.2) is 5.41 Å². The zero-order chi connectivity index (χ0) is 23.5.